The maximum atomic E-state index is 11.7. The summed E-state index contributed by atoms with van der Waals surface area (Å²) in [6.45, 7) is 0. The molecule has 4 heteroatoms. The third-order valence-electron chi connectivity index (χ3n) is 3.21. The average molecular weight is 296 g/mol. The van der Waals surface area contributed by atoms with E-state index in [9.17, 15) is 4.79 Å². The van der Waals surface area contributed by atoms with Gasteiger partial charge in [-0.1, -0.05) is 42.5 Å². The predicted molar refractivity (Wildman–Crippen MR) is 88.1 cm³/mol. The molecule has 0 aliphatic carbocycles. The van der Waals surface area contributed by atoms with E-state index >= 15 is 0 Å². The minimum absolute atomic E-state index is 0.124. The fourth-order valence-electron chi connectivity index (χ4n) is 2.03. The zero-order chi connectivity index (χ0) is 15.6. The van der Waals surface area contributed by atoms with Crippen molar-refractivity contribution >= 4 is 12.1 Å². The van der Waals surface area contributed by atoms with Gasteiger partial charge in [0.2, 0.25) is 5.91 Å². The molecule has 1 N–H and O–H groups in total. The van der Waals surface area contributed by atoms with E-state index in [0.29, 0.717) is 6.42 Å². The van der Waals surface area contributed by atoms with Gasteiger partial charge in [0.1, 0.15) is 5.75 Å². The van der Waals surface area contributed by atoms with Crippen LogP contribution in [0.1, 0.15) is 17.5 Å². The summed E-state index contributed by atoms with van der Waals surface area (Å²) in [6, 6.07) is 17.6. The minimum Gasteiger partial charge on any atom is -0.497 e. The Kier molecular flexibility index (Phi) is 6.18. The van der Waals surface area contributed by atoms with Gasteiger partial charge in [0.05, 0.1) is 13.5 Å². The maximum absolute atomic E-state index is 11.7. The van der Waals surface area contributed by atoms with Crippen LogP contribution in [0.25, 0.3) is 0 Å². The molecule has 0 unspecified atom stereocenters. The number of ether oxygens (including phenoxy) is 1. The van der Waals surface area contributed by atoms with Crippen LogP contribution < -0.4 is 10.2 Å². The van der Waals surface area contributed by atoms with E-state index in [0.717, 1.165) is 24.2 Å². The molecule has 2 aromatic carbocycles. The van der Waals surface area contributed by atoms with Crippen LogP contribution in [-0.2, 0) is 17.6 Å². The molecule has 0 heterocycles. The van der Waals surface area contributed by atoms with Crippen LogP contribution in [0.3, 0.4) is 0 Å². The fraction of sp³-hybridized carbons (Fsp3) is 0.222. The van der Waals surface area contributed by atoms with Crippen molar-refractivity contribution in [1.82, 2.24) is 5.43 Å². The van der Waals surface area contributed by atoms with E-state index in [-0.39, 0.29) is 5.91 Å². The molecule has 0 fully saturated rings. The van der Waals surface area contributed by atoms with Gasteiger partial charge in [-0.3, -0.25) is 4.79 Å². The second kappa shape index (κ2) is 8.62. The van der Waals surface area contributed by atoms with Crippen LogP contribution in [0.4, 0.5) is 0 Å². The summed E-state index contributed by atoms with van der Waals surface area (Å²) >= 11 is 0. The van der Waals surface area contributed by atoms with Gasteiger partial charge in [0.15, 0.2) is 0 Å². The highest BCUT2D eigenvalue weighted by Gasteiger charge is 2.02. The van der Waals surface area contributed by atoms with Crippen LogP contribution in [0.15, 0.2) is 59.7 Å². The molecule has 0 aliphatic rings. The Morgan fingerprint density at radius 1 is 1.09 bits per heavy atom. The molecular weight excluding hydrogens is 276 g/mol. The van der Waals surface area contributed by atoms with Crippen molar-refractivity contribution < 1.29 is 9.53 Å². The normalized spacial score (nSPS) is 10.6. The second-order valence-electron chi connectivity index (χ2n) is 4.90. The molecule has 0 radical (unpaired) electrons. The van der Waals surface area contributed by atoms with Crippen molar-refractivity contribution in [3.8, 4) is 5.75 Å². The van der Waals surface area contributed by atoms with E-state index < -0.39 is 0 Å². The first-order valence-electron chi connectivity index (χ1n) is 7.25. The van der Waals surface area contributed by atoms with E-state index in [1.165, 1.54) is 5.56 Å². The Morgan fingerprint density at radius 2 is 1.82 bits per heavy atom. The number of benzene rings is 2. The molecule has 0 atom stereocenters. The molecule has 0 saturated heterocycles. The van der Waals surface area contributed by atoms with Crippen LogP contribution in [0.2, 0.25) is 0 Å². The highest BCUT2D eigenvalue weighted by atomic mass is 16.5. The highest BCUT2D eigenvalue weighted by Crippen LogP contribution is 2.11. The van der Waals surface area contributed by atoms with Gasteiger partial charge in [-0.15, -0.1) is 0 Å². The number of nitrogens with one attached hydrogen (secondary N) is 1. The summed E-state index contributed by atoms with van der Waals surface area (Å²) in [5.41, 5.74) is 4.74. The Bertz CT molecular complexity index is 607. The summed E-state index contributed by atoms with van der Waals surface area (Å²) in [6.07, 6.45) is 3.75. The number of rotatable bonds is 7. The monoisotopic (exact) mass is 296 g/mol. The zero-order valence-electron chi connectivity index (χ0n) is 12.7. The van der Waals surface area contributed by atoms with Gasteiger partial charge in [-0.2, -0.15) is 5.10 Å². The highest BCUT2D eigenvalue weighted by molar-refractivity contribution is 5.79. The van der Waals surface area contributed by atoms with E-state index in [1.54, 1.807) is 13.3 Å². The van der Waals surface area contributed by atoms with E-state index in [1.807, 2.05) is 42.5 Å². The molecule has 2 rings (SSSR count). The van der Waals surface area contributed by atoms with Gasteiger partial charge in [0, 0.05) is 6.21 Å². The van der Waals surface area contributed by atoms with Crippen LogP contribution in [0.5, 0.6) is 5.75 Å². The number of carbonyl (C=O) groups excluding carboxylic acids is 1. The van der Waals surface area contributed by atoms with Crippen molar-refractivity contribution in [3.05, 3.63) is 65.7 Å². The number of amides is 1. The summed E-state index contributed by atoms with van der Waals surface area (Å²) in [7, 11) is 1.62. The first kappa shape index (κ1) is 15.8. The topological polar surface area (TPSA) is 50.7 Å². The van der Waals surface area contributed by atoms with Crippen LogP contribution in [0, 0.1) is 0 Å². The molecule has 0 aliphatic heterocycles. The van der Waals surface area contributed by atoms with Gasteiger partial charge in [-0.25, -0.2) is 5.43 Å². The number of nitrogens with zero attached hydrogens (tertiary/aromatic N) is 1. The maximum Gasteiger partial charge on any atom is 0.244 e. The Hall–Kier alpha value is -2.62. The third kappa shape index (κ3) is 5.40. The second-order valence-corrected chi connectivity index (χ2v) is 4.90. The Balaban J connectivity index is 1.69. The van der Waals surface area contributed by atoms with Crippen LogP contribution in [-0.4, -0.2) is 19.2 Å². The average Bonchev–Trinajstić information content (AvgIpc) is 2.56. The lowest BCUT2D eigenvalue weighted by Gasteiger charge is -2.02. The van der Waals surface area contributed by atoms with Gasteiger partial charge in [0.25, 0.3) is 0 Å². The molecule has 2 aromatic rings. The molecule has 0 aromatic heterocycles. The summed E-state index contributed by atoms with van der Waals surface area (Å²) in [4.78, 5) is 11.7. The summed E-state index contributed by atoms with van der Waals surface area (Å²) < 4.78 is 5.08. The lowest BCUT2D eigenvalue weighted by molar-refractivity contribution is -0.120. The summed E-state index contributed by atoms with van der Waals surface area (Å²) in [5, 5.41) is 3.97. The molecule has 0 bridgehead atoms. The molecule has 22 heavy (non-hydrogen) atoms. The number of methoxy groups -OCH3 is 1. The van der Waals surface area contributed by atoms with Gasteiger partial charge < -0.3 is 4.74 Å². The van der Waals surface area contributed by atoms with Crippen molar-refractivity contribution in [3.63, 3.8) is 0 Å². The summed E-state index contributed by atoms with van der Waals surface area (Å²) in [5.74, 6) is 0.657. The van der Waals surface area contributed by atoms with Gasteiger partial charge in [-0.05, 0) is 36.1 Å². The number of carbonyl (C=O) groups is 1. The fourth-order valence-corrected chi connectivity index (χ4v) is 2.03. The molecule has 114 valence electrons. The molecule has 4 nitrogen and oxygen atoms in total. The van der Waals surface area contributed by atoms with E-state index in [2.05, 4.69) is 22.7 Å². The molecule has 0 spiro atoms. The quantitative estimate of drug-likeness (QED) is 0.631. The number of hydrazone groups is 1. The largest absolute Gasteiger partial charge is 0.497 e. The smallest absolute Gasteiger partial charge is 0.244 e. The number of aryl methyl sites for hydroxylation is 1. The minimum atomic E-state index is -0.124. The van der Waals surface area contributed by atoms with E-state index in [4.69, 9.17) is 4.74 Å². The van der Waals surface area contributed by atoms with Crippen molar-refractivity contribution in [2.45, 2.75) is 19.3 Å². The van der Waals surface area contributed by atoms with Crippen molar-refractivity contribution in [1.29, 1.82) is 0 Å². The third-order valence-corrected chi connectivity index (χ3v) is 3.21. The zero-order valence-corrected chi connectivity index (χ0v) is 12.7. The van der Waals surface area contributed by atoms with Crippen LogP contribution >= 0.6 is 0 Å². The number of hydrogen-bond acceptors (Lipinski definition) is 3. The van der Waals surface area contributed by atoms with Gasteiger partial charge >= 0.3 is 0 Å². The molecule has 0 saturated carbocycles. The Morgan fingerprint density at radius 3 is 2.50 bits per heavy atom. The Labute approximate surface area is 130 Å². The predicted octanol–water partition coefficient (Wildman–Crippen LogP) is 2.97. The van der Waals surface area contributed by atoms with Crippen molar-refractivity contribution in [2.24, 2.45) is 5.10 Å². The molecule has 1 amide bonds. The van der Waals surface area contributed by atoms with Crippen molar-refractivity contribution in [2.75, 3.05) is 7.11 Å². The SMILES string of the molecule is COc1ccc(CC(=O)NN=CCCc2ccccc2)cc1. The number of hydrogen-bond donors (Lipinski definition) is 1. The first-order valence-corrected chi connectivity index (χ1v) is 7.25. The lowest BCUT2D eigenvalue weighted by atomic mass is 10.1. The molecular formula is C18H20N2O2. The first-order chi connectivity index (χ1) is 10.8. The lowest BCUT2D eigenvalue weighted by Crippen LogP contribution is -2.19. The standard InChI is InChI=1S/C18H20N2O2/c1-22-17-11-9-16(10-12-17)14-18(21)20-19-13-5-8-15-6-3-2-4-7-15/h2-4,6-7,9-13H,5,8,14H2,1H3,(H,20,21).